The predicted molar refractivity (Wildman–Crippen MR) is 96.5 cm³/mol. The molecule has 0 aliphatic heterocycles. The van der Waals surface area contributed by atoms with Gasteiger partial charge >= 0.3 is 0 Å². The molecular weight excluding hydrogens is 312 g/mol. The van der Waals surface area contributed by atoms with Gasteiger partial charge in [-0.2, -0.15) is 0 Å². The molecule has 0 saturated heterocycles. The lowest BCUT2D eigenvalue weighted by molar-refractivity contribution is 0.302. The van der Waals surface area contributed by atoms with Crippen LogP contribution in [0.5, 0.6) is 11.5 Å². The number of aliphatic hydroxyl groups is 1. The van der Waals surface area contributed by atoms with Crippen LogP contribution in [0.4, 0.5) is 11.4 Å². The third-order valence-electron chi connectivity index (χ3n) is 3.47. The van der Waals surface area contributed by atoms with Crippen molar-refractivity contribution in [3.05, 3.63) is 48.0 Å². The molecule has 0 atom stereocenters. The Morgan fingerprint density at radius 3 is 2.39 bits per heavy atom. The maximum atomic E-state index is 9.83. The Morgan fingerprint density at radius 2 is 1.83 bits per heavy atom. The van der Waals surface area contributed by atoms with E-state index in [0.29, 0.717) is 17.1 Å². The fourth-order valence-corrected chi connectivity index (χ4v) is 2.55. The van der Waals surface area contributed by atoms with Crippen LogP contribution in [0, 0.1) is 0 Å². The normalized spacial score (nSPS) is 10.3. The lowest BCUT2D eigenvalue weighted by Gasteiger charge is -2.22. The van der Waals surface area contributed by atoms with Crippen LogP contribution in [0.2, 0.25) is 0 Å². The van der Waals surface area contributed by atoms with Crippen LogP contribution in [0.15, 0.2) is 42.5 Å². The number of aromatic hydroxyl groups is 2. The van der Waals surface area contributed by atoms with Crippen LogP contribution in [0.25, 0.3) is 0 Å². The Labute approximate surface area is 140 Å². The average Bonchev–Trinajstić information content (AvgIpc) is 2.53. The zero-order valence-corrected chi connectivity index (χ0v) is 13.7. The summed E-state index contributed by atoms with van der Waals surface area (Å²) in [4.78, 5) is 2.44. The Kier molecular flexibility index (Phi) is 5.78. The average molecular weight is 332 g/mol. The van der Waals surface area contributed by atoms with Gasteiger partial charge in [-0.05, 0) is 43.3 Å². The fourth-order valence-electron chi connectivity index (χ4n) is 2.26. The molecule has 2 aromatic rings. The first-order chi connectivity index (χ1) is 11.0. The Hall–Kier alpha value is -2.31. The third kappa shape index (κ3) is 4.34. The molecule has 0 aromatic heterocycles. The molecule has 2 aromatic carbocycles. The van der Waals surface area contributed by atoms with Crippen molar-refractivity contribution in [2.24, 2.45) is 0 Å². The van der Waals surface area contributed by atoms with Gasteiger partial charge in [-0.25, -0.2) is 0 Å². The molecule has 0 fully saturated rings. The number of rotatable bonds is 6. The van der Waals surface area contributed by atoms with Gasteiger partial charge in [0.05, 0.1) is 12.2 Å². The van der Waals surface area contributed by atoms with E-state index in [1.165, 1.54) is 12.1 Å². The summed E-state index contributed by atoms with van der Waals surface area (Å²) in [7, 11) is 0. The summed E-state index contributed by atoms with van der Waals surface area (Å²) in [5, 5.41) is 31.3. The number of anilines is 2. The van der Waals surface area contributed by atoms with E-state index in [1.807, 2.05) is 31.2 Å². The molecule has 0 heterocycles. The summed E-state index contributed by atoms with van der Waals surface area (Å²) in [5.74, 6) is -0.0823. The van der Waals surface area contributed by atoms with Crippen LogP contribution in [0.3, 0.4) is 0 Å². The van der Waals surface area contributed by atoms with Gasteiger partial charge in [-0.15, -0.1) is 0 Å². The van der Waals surface area contributed by atoms with E-state index in [-0.39, 0.29) is 18.1 Å². The van der Waals surface area contributed by atoms with Crippen LogP contribution in [0.1, 0.15) is 12.5 Å². The number of hydrogen-bond donors (Lipinski definition) is 4. The second-order valence-electron chi connectivity index (χ2n) is 5.01. The highest BCUT2D eigenvalue weighted by Gasteiger charge is 2.09. The van der Waals surface area contributed by atoms with E-state index in [1.54, 1.807) is 6.07 Å². The Bertz CT molecular complexity index is 674. The molecule has 0 aliphatic carbocycles. The first kappa shape index (κ1) is 17.1. The molecule has 0 radical (unpaired) electrons. The van der Waals surface area contributed by atoms with Crippen molar-refractivity contribution in [2.45, 2.75) is 6.92 Å². The van der Waals surface area contributed by atoms with E-state index in [2.05, 4.69) is 10.2 Å². The minimum Gasteiger partial charge on any atom is -0.508 e. The lowest BCUT2D eigenvalue weighted by Crippen LogP contribution is -2.26. The highest BCUT2D eigenvalue weighted by atomic mass is 32.1. The van der Waals surface area contributed by atoms with E-state index in [0.717, 1.165) is 17.9 Å². The summed E-state index contributed by atoms with van der Waals surface area (Å²) in [5.41, 5.74) is 2.27. The van der Waals surface area contributed by atoms with Gasteiger partial charge in [0.25, 0.3) is 0 Å². The maximum absolute atomic E-state index is 9.83. The number of phenolic OH excluding ortho intramolecular Hbond substituents is 2. The molecule has 2 rings (SSSR count). The monoisotopic (exact) mass is 332 g/mol. The van der Waals surface area contributed by atoms with Crippen molar-refractivity contribution in [3.8, 4) is 11.5 Å². The quantitative estimate of drug-likeness (QED) is 0.610. The van der Waals surface area contributed by atoms with Gasteiger partial charge in [0.2, 0.25) is 0 Å². The minimum atomic E-state index is -0.0702. The first-order valence-corrected chi connectivity index (χ1v) is 7.75. The number of phenols is 2. The van der Waals surface area contributed by atoms with Gasteiger partial charge < -0.3 is 25.5 Å². The van der Waals surface area contributed by atoms with Crippen molar-refractivity contribution in [1.82, 2.24) is 0 Å². The number of thiocarbonyl (C=S) groups is 1. The molecule has 23 heavy (non-hydrogen) atoms. The van der Waals surface area contributed by atoms with Crippen molar-refractivity contribution >= 4 is 28.6 Å². The van der Waals surface area contributed by atoms with Gasteiger partial charge in [-0.1, -0.05) is 12.2 Å². The zero-order valence-electron chi connectivity index (χ0n) is 12.9. The molecule has 4 N–H and O–H groups in total. The maximum Gasteiger partial charge on any atom is 0.129 e. The van der Waals surface area contributed by atoms with Crippen molar-refractivity contribution in [3.63, 3.8) is 0 Å². The zero-order chi connectivity index (χ0) is 16.8. The largest absolute Gasteiger partial charge is 0.508 e. The van der Waals surface area contributed by atoms with E-state index >= 15 is 0 Å². The van der Waals surface area contributed by atoms with E-state index in [9.17, 15) is 10.2 Å². The van der Waals surface area contributed by atoms with Crippen LogP contribution in [-0.2, 0) is 0 Å². The van der Waals surface area contributed by atoms with E-state index < -0.39 is 0 Å². The fraction of sp³-hybridized carbons (Fsp3) is 0.235. The number of nitrogens with zero attached hydrogens (tertiary/aromatic N) is 1. The van der Waals surface area contributed by atoms with Crippen molar-refractivity contribution in [1.29, 1.82) is 0 Å². The molecule has 5 nitrogen and oxygen atoms in total. The number of likely N-dealkylation sites (N-methyl/N-ethyl adjacent to an activating group) is 1. The molecular formula is C17H20N2O3S. The van der Waals surface area contributed by atoms with Gasteiger partial charge in [0.1, 0.15) is 16.5 Å². The molecule has 0 aliphatic rings. The number of hydrogen-bond acceptors (Lipinski definition) is 5. The van der Waals surface area contributed by atoms with Crippen LogP contribution in [-0.4, -0.2) is 40.0 Å². The smallest absolute Gasteiger partial charge is 0.129 e. The number of aliphatic hydroxyl groups excluding tert-OH is 1. The van der Waals surface area contributed by atoms with Crippen molar-refractivity contribution in [2.75, 3.05) is 29.9 Å². The number of benzene rings is 2. The molecule has 0 spiro atoms. The van der Waals surface area contributed by atoms with Gasteiger partial charge in [0, 0.05) is 30.5 Å². The summed E-state index contributed by atoms with van der Waals surface area (Å²) in [6, 6.07) is 12.0. The van der Waals surface area contributed by atoms with Crippen LogP contribution >= 0.6 is 12.2 Å². The molecule has 122 valence electrons. The molecule has 0 amide bonds. The van der Waals surface area contributed by atoms with Crippen molar-refractivity contribution < 1.29 is 15.3 Å². The number of nitrogens with one attached hydrogen (secondary N) is 1. The molecule has 0 unspecified atom stereocenters. The Morgan fingerprint density at radius 1 is 1.13 bits per heavy atom. The van der Waals surface area contributed by atoms with Crippen LogP contribution < -0.4 is 10.2 Å². The minimum absolute atomic E-state index is 0.0121. The molecule has 0 bridgehead atoms. The molecule has 6 heteroatoms. The third-order valence-corrected chi connectivity index (χ3v) is 3.79. The lowest BCUT2D eigenvalue weighted by atomic mass is 10.2. The summed E-state index contributed by atoms with van der Waals surface area (Å²) < 4.78 is 0. The SMILES string of the molecule is CCN(CCO)c1ccc(NC(=S)c2ccc(O)cc2O)cc1. The standard InChI is InChI=1S/C17H20N2O3S/c1-2-19(9-10-20)13-5-3-12(4-6-13)18-17(23)15-8-7-14(21)11-16(15)22/h3-8,11,20-22H,2,9-10H2,1H3,(H,18,23). The van der Waals surface area contributed by atoms with Gasteiger partial charge in [-0.3, -0.25) is 0 Å². The van der Waals surface area contributed by atoms with Gasteiger partial charge in [0.15, 0.2) is 0 Å². The second-order valence-corrected chi connectivity index (χ2v) is 5.41. The predicted octanol–water partition coefficient (Wildman–Crippen LogP) is 2.70. The molecule has 0 saturated carbocycles. The second kappa shape index (κ2) is 7.80. The highest BCUT2D eigenvalue weighted by molar-refractivity contribution is 7.81. The summed E-state index contributed by atoms with van der Waals surface area (Å²) in [6.45, 7) is 3.54. The highest BCUT2D eigenvalue weighted by Crippen LogP contribution is 2.24. The topological polar surface area (TPSA) is 76.0 Å². The summed E-state index contributed by atoms with van der Waals surface area (Å²) >= 11 is 5.29. The summed E-state index contributed by atoms with van der Waals surface area (Å²) in [6.07, 6.45) is 0. The van der Waals surface area contributed by atoms with E-state index in [4.69, 9.17) is 17.3 Å². The Balaban J connectivity index is 2.09. The first-order valence-electron chi connectivity index (χ1n) is 7.34.